The number of nitrogens with one attached hydrogen (secondary N) is 1. The number of rotatable bonds is 4. The molecule has 6 nitrogen and oxygen atoms in total. The molecule has 98 valence electrons. The molecular formula is C10H14N4O2S2. The van der Waals surface area contributed by atoms with Crippen molar-refractivity contribution in [3.8, 4) is 0 Å². The van der Waals surface area contributed by atoms with Gasteiger partial charge in [0.1, 0.15) is 4.21 Å². The van der Waals surface area contributed by atoms with Crippen LogP contribution in [-0.4, -0.2) is 18.2 Å². The molecule has 0 spiro atoms. The maximum absolute atomic E-state index is 12.1. The molecule has 0 amide bonds. The lowest BCUT2D eigenvalue weighted by Gasteiger charge is -2.03. The van der Waals surface area contributed by atoms with Crippen molar-refractivity contribution in [3.05, 3.63) is 28.9 Å². The van der Waals surface area contributed by atoms with Gasteiger partial charge in [0, 0.05) is 24.7 Å². The van der Waals surface area contributed by atoms with Crippen LogP contribution in [0.2, 0.25) is 0 Å². The third-order valence-corrected chi connectivity index (χ3v) is 5.33. The molecule has 0 aromatic carbocycles. The molecule has 18 heavy (non-hydrogen) atoms. The highest BCUT2D eigenvalue weighted by molar-refractivity contribution is 7.94. The molecular weight excluding hydrogens is 272 g/mol. The second kappa shape index (κ2) is 4.71. The van der Waals surface area contributed by atoms with Gasteiger partial charge in [0.2, 0.25) is 0 Å². The number of thiophene rings is 1. The predicted molar refractivity (Wildman–Crippen MR) is 71.0 cm³/mol. The summed E-state index contributed by atoms with van der Waals surface area (Å²) in [6, 6.07) is 3.27. The number of aromatic nitrogens is 2. The van der Waals surface area contributed by atoms with Crippen molar-refractivity contribution in [1.82, 2.24) is 9.78 Å². The highest BCUT2D eigenvalue weighted by Gasteiger charge is 2.18. The molecule has 0 aliphatic rings. The van der Waals surface area contributed by atoms with E-state index in [1.54, 1.807) is 37.0 Å². The Morgan fingerprint density at radius 3 is 2.72 bits per heavy atom. The number of hydrogen-bond donors (Lipinski definition) is 2. The Morgan fingerprint density at radius 2 is 2.22 bits per heavy atom. The van der Waals surface area contributed by atoms with Gasteiger partial charge in [-0.3, -0.25) is 9.40 Å². The lowest BCUT2D eigenvalue weighted by molar-refractivity contribution is 0.603. The number of anilines is 1. The van der Waals surface area contributed by atoms with Crippen LogP contribution in [0.15, 0.2) is 22.5 Å². The first kappa shape index (κ1) is 13.1. The van der Waals surface area contributed by atoms with Gasteiger partial charge in [0.05, 0.1) is 11.4 Å². The van der Waals surface area contributed by atoms with Gasteiger partial charge in [-0.1, -0.05) is 0 Å². The molecule has 0 aliphatic heterocycles. The van der Waals surface area contributed by atoms with E-state index in [4.69, 9.17) is 5.73 Å². The highest BCUT2D eigenvalue weighted by atomic mass is 32.2. The van der Waals surface area contributed by atoms with Crippen molar-refractivity contribution in [2.45, 2.75) is 17.7 Å². The minimum Gasteiger partial charge on any atom is -0.326 e. The molecule has 0 fully saturated rings. The molecule has 8 heteroatoms. The Balaban J connectivity index is 2.29. The third-order valence-electron chi connectivity index (χ3n) is 2.36. The predicted octanol–water partition coefficient (Wildman–Crippen LogP) is 1.05. The van der Waals surface area contributed by atoms with E-state index in [0.29, 0.717) is 17.9 Å². The van der Waals surface area contributed by atoms with E-state index in [2.05, 4.69) is 9.82 Å². The first-order valence-electron chi connectivity index (χ1n) is 5.24. The average molecular weight is 286 g/mol. The van der Waals surface area contributed by atoms with Crippen molar-refractivity contribution in [2.75, 3.05) is 4.72 Å². The number of aryl methyl sites for hydroxylation is 2. The second-order valence-corrected chi connectivity index (χ2v) is 6.91. The fourth-order valence-electron chi connectivity index (χ4n) is 1.51. The number of nitrogens with two attached hydrogens (primary N) is 1. The molecule has 0 atom stereocenters. The van der Waals surface area contributed by atoms with Crippen LogP contribution in [0.1, 0.15) is 10.6 Å². The molecule has 2 heterocycles. The summed E-state index contributed by atoms with van der Waals surface area (Å²) in [6.45, 7) is 2.09. The molecule has 0 saturated carbocycles. The molecule has 0 aliphatic carbocycles. The second-order valence-electron chi connectivity index (χ2n) is 3.83. The lowest BCUT2D eigenvalue weighted by atomic mass is 10.4. The third kappa shape index (κ3) is 2.55. The molecule has 2 aromatic heterocycles. The van der Waals surface area contributed by atoms with Crippen LogP contribution in [-0.2, 0) is 23.6 Å². The topological polar surface area (TPSA) is 90.0 Å². The maximum Gasteiger partial charge on any atom is 0.271 e. The summed E-state index contributed by atoms with van der Waals surface area (Å²) in [5.41, 5.74) is 6.59. The number of sulfonamides is 1. The normalized spacial score (nSPS) is 11.7. The van der Waals surface area contributed by atoms with Gasteiger partial charge >= 0.3 is 0 Å². The zero-order chi connectivity index (χ0) is 13.3. The summed E-state index contributed by atoms with van der Waals surface area (Å²) in [5, 5.41) is 4.08. The van der Waals surface area contributed by atoms with Crippen molar-refractivity contribution >= 4 is 27.0 Å². The standard InChI is InChI=1S/C10H14N4O2S2/c1-7-9(6-14(2)12-7)13-18(15,16)10-4-3-8(5-11)17-10/h3-4,6,13H,5,11H2,1-2H3. The Morgan fingerprint density at radius 1 is 1.50 bits per heavy atom. The minimum absolute atomic E-state index is 0.256. The van der Waals surface area contributed by atoms with Gasteiger partial charge in [-0.25, -0.2) is 8.42 Å². The Bertz CT molecular complexity index is 657. The Kier molecular flexibility index (Phi) is 3.42. The van der Waals surface area contributed by atoms with E-state index in [0.717, 1.165) is 4.88 Å². The van der Waals surface area contributed by atoms with E-state index in [9.17, 15) is 8.42 Å². The molecule has 0 radical (unpaired) electrons. The summed E-state index contributed by atoms with van der Waals surface area (Å²) in [7, 11) is -1.81. The molecule has 3 N–H and O–H groups in total. The zero-order valence-electron chi connectivity index (χ0n) is 10.0. The van der Waals surface area contributed by atoms with E-state index in [1.165, 1.54) is 11.3 Å². The SMILES string of the molecule is Cc1nn(C)cc1NS(=O)(=O)c1ccc(CN)s1. The van der Waals surface area contributed by atoms with Crippen molar-refractivity contribution in [2.24, 2.45) is 12.8 Å². The van der Waals surface area contributed by atoms with Crippen LogP contribution in [0.3, 0.4) is 0 Å². The monoisotopic (exact) mass is 286 g/mol. The molecule has 0 bridgehead atoms. The minimum atomic E-state index is -3.55. The molecule has 2 aromatic rings. The average Bonchev–Trinajstić information content (AvgIpc) is 2.86. The maximum atomic E-state index is 12.1. The first-order valence-corrected chi connectivity index (χ1v) is 7.54. The van der Waals surface area contributed by atoms with E-state index in [1.807, 2.05) is 0 Å². The summed E-state index contributed by atoms with van der Waals surface area (Å²) < 4.78 is 28.6. The fourth-order valence-corrected chi connectivity index (χ4v) is 3.84. The summed E-state index contributed by atoms with van der Waals surface area (Å²) in [4.78, 5) is 0.832. The zero-order valence-corrected chi connectivity index (χ0v) is 11.7. The van der Waals surface area contributed by atoms with E-state index in [-0.39, 0.29) is 4.21 Å². The van der Waals surface area contributed by atoms with Crippen molar-refractivity contribution < 1.29 is 8.42 Å². The first-order chi connectivity index (χ1) is 8.42. The summed E-state index contributed by atoms with van der Waals surface area (Å²) in [6.07, 6.45) is 1.63. The highest BCUT2D eigenvalue weighted by Crippen LogP contribution is 2.24. The van der Waals surface area contributed by atoms with Gasteiger partial charge in [-0.2, -0.15) is 5.10 Å². The van der Waals surface area contributed by atoms with Crippen molar-refractivity contribution in [1.29, 1.82) is 0 Å². The van der Waals surface area contributed by atoms with Crippen LogP contribution >= 0.6 is 11.3 Å². The number of nitrogens with zero attached hydrogens (tertiary/aromatic N) is 2. The van der Waals surface area contributed by atoms with Crippen LogP contribution < -0.4 is 10.5 Å². The Labute approximate surface area is 109 Å². The molecule has 2 rings (SSSR count). The van der Waals surface area contributed by atoms with Gasteiger partial charge in [-0.05, 0) is 19.1 Å². The Hall–Kier alpha value is -1.38. The lowest BCUT2D eigenvalue weighted by Crippen LogP contribution is -2.11. The van der Waals surface area contributed by atoms with Gasteiger partial charge in [0.25, 0.3) is 10.0 Å². The van der Waals surface area contributed by atoms with Crippen LogP contribution in [0.4, 0.5) is 5.69 Å². The van der Waals surface area contributed by atoms with E-state index < -0.39 is 10.0 Å². The van der Waals surface area contributed by atoms with Crippen LogP contribution in [0, 0.1) is 6.92 Å². The molecule has 0 unspecified atom stereocenters. The largest absolute Gasteiger partial charge is 0.326 e. The summed E-state index contributed by atoms with van der Waals surface area (Å²) in [5.74, 6) is 0. The smallest absolute Gasteiger partial charge is 0.271 e. The molecule has 0 saturated heterocycles. The summed E-state index contributed by atoms with van der Waals surface area (Å²) >= 11 is 1.17. The quantitative estimate of drug-likeness (QED) is 0.879. The van der Waals surface area contributed by atoms with Gasteiger partial charge in [0.15, 0.2) is 0 Å². The fraction of sp³-hybridized carbons (Fsp3) is 0.300. The van der Waals surface area contributed by atoms with Gasteiger partial charge in [-0.15, -0.1) is 11.3 Å². The van der Waals surface area contributed by atoms with Gasteiger partial charge < -0.3 is 5.73 Å². The van der Waals surface area contributed by atoms with Crippen LogP contribution in [0.25, 0.3) is 0 Å². The van der Waals surface area contributed by atoms with E-state index >= 15 is 0 Å². The number of hydrogen-bond acceptors (Lipinski definition) is 5. The van der Waals surface area contributed by atoms with Crippen molar-refractivity contribution in [3.63, 3.8) is 0 Å². The van der Waals surface area contributed by atoms with Crippen LogP contribution in [0.5, 0.6) is 0 Å².